The van der Waals surface area contributed by atoms with Crippen molar-refractivity contribution in [2.45, 2.75) is 27.7 Å². The summed E-state index contributed by atoms with van der Waals surface area (Å²) in [5, 5.41) is 0. The number of aryl methyl sites for hydroxylation is 4. The molecular formula is C58H48N2O. The average Bonchev–Trinajstić information content (AvgIpc) is 3.30. The third kappa shape index (κ3) is 8.59. The molecule has 0 saturated carbocycles. The van der Waals surface area contributed by atoms with Crippen LogP contribution in [0.2, 0.25) is 0 Å². The Bertz CT molecular complexity index is 2890. The van der Waals surface area contributed by atoms with Crippen molar-refractivity contribution >= 4 is 34.1 Å². The van der Waals surface area contributed by atoms with E-state index in [2.05, 4.69) is 232 Å². The number of rotatable bonds is 11. The predicted octanol–water partition coefficient (Wildman–Crippen LogP) is 16.7. The second-order valence-electron chi connectivity index (χ2n) is 15.7. The quantitative estimate of drug-likeness (QED) is 0.130. The molecule has 0 aromatic heterocycles. The lowest BCUT2D eigenvalue weighted by molar-refractivity contribution is 0.483. The summed E-state index contributed by atoms with van der Waals surface area (Å²) in [5.74, 6) is 1.57. The molecule has 0 N–H and O–H groups in total. The molecule has 0 amide bonds. The molecule has 9 aromatic rings. The highest BCUT2D eigenvalue weighted by Crippen LogP contribution is 2.41. The standard InChI is InChI=1S/C58H48N2O/c1-41-18-36-57(43(3)38-41)59(51-26-20-47(21-27-51)45-12-7-5-8-13-45)53-30-34-56(35-31-53)61-55-32-24-49(25-33-55)48-22-28-52(29-23-48)60(58-37-19-42(2)39-44(58)4)54-17-11-16-50(40-54)46-14-9-6-10-15-46/h5-40H,1-4H3. The molecule has 0 unspecified atom stereocenters. The zero-order chi connectivity index (χ0) is 41.7. The minimum absolute atomic E-state index is 0.781. The van der Waals surface area contributed by atoms with E-state index in [1.165, 1.54) is 44.5 Å². The number of nitrogens with zero attached hydrogens (tertiary/aromatic N) is 2. The fraction of sp³-hybridized carbons (Fsp3) is 0.0690. The number of anilines is 6. The fourth-order valence-electron chi connectivity index (χ4n) is 8.17. The molecule has 296 valence electrons. The Labute approximate surface area is 360 Å². The molecule has 9 aromatic carbocycles. The first-order valence-corrected chi connectivity index (χ1v) is 20.9. The topological polar surface area (TPSA) is 15.7 Å². The van der Waals surface area contributed by atoms with Crippen LogP contribution in [0.3, 0.4) is 0 Å². The lowest BCUT2D eigenvalue weighted by atomic mass is 10.0. The van der Waals surface area contributed by atoms with E-state index in [1.54, 1.807) is 0 Å². The molecule has 0 spiro atoms. The summed E-state index contributed by atoms with van der Waals surface area (Å²) < 4.78 is 6.40. The summed E-state index contributed by atoms with van der Waals surface area (Å²) in [6.07, 6.45) is 0. The highest BCUT2D eigenvalue weighted by molar-refractivity contribution is 5.83. The van der Waals surface area contributed by atoms with Crippen molar-refractivity contribution in [3.63, 3.8) is 0 Å². The van der Waals surface area contributed by atoms with Crippen LogP contribution >= 0.6 is 0 Å². The van der Waals surface area contributed by atoms with Gasteiger partial charge in [-0.2, -0.15) is 0 Å². The van der Waals surface area contributed by atoms with Crippen LogP contribution in [0.15, 0.2) is 218 Å². The van der Waals surface area contributed by atoms with Crippen LogP contribution in [0.4, 0.5) is 34.1 Å². The summed E-state index contributed by atoms with van der Waals surface area (Å²) >= 11 is 0. The first kappa shape index (κ1) is 38.9. The maximum absolute atomic E-state index is 6.40. The normalized spacial score (nSPS) is 11.0. The summed E-state index contributed by atoms with van der Waals surface area (Å²) in [6, 6.07) is 77.5. The second-order valence-corrected chi connectivity index (χ2v) is 15.7. The molecule has 0 radical (unpaired) electrons. The number of hydrogen-bond donors (Lipinski definition) is 0. The van der Waals surface area contributed by atoms with Crippen LogP contribution in [-0.4, -0.2) is 0 Å². The van der Waals surface area contributed by atoms with E-state index >= 15 is 0 Å². The first-order chi connectivity index (χ1) is 29.9. The van der Waals surface area contributed by atoms with E-state index in [0.29, 0.717) is 0 Å². The summed E-state index contributed by atoms with van der Waals surface area (Å²) in [6.45, 7) is 8.65. The van der Waals surface area contributed by atoms with Gasteiger partial charge in [0.25, 0.3) is 0 Å². The van der Waals surface area contributed by atoms with Gasteiger partial charge in [-0.1, -0.05) is 145 Å². The minimum Gasteiger partial charge on any atom is -0.457 e. The van der Waals surface area contributed by atoms with E-state index in [4.69, 9.17) is 4.74 Å². The van der Waals surface area contributed by atoms with Gasteiger partial charge in [-0.3, -0.25) is 0 Å². The van der Waals surface area contributed by atoms with Gasteiger partial charge in [0, 0.05) is 34.1 Å². The fourth-order valence-corrected chi connectivity index (χ4v) is 8.17. The highest BCUT2D eigenvalue weighted by Gasteiger charge is 2.18. The molecular weight excluding hydrogens is 741 g/mol. The zero-order valence-electron chi connectivity index (χ0n) is 35.1. The van der Waals surface area contributed by atoms with Gasteiger partial charge >= 0.3 is 0 Å². The predicted molar refractivity (Wildman–Crippen MR) is 258 cm³/mol. The molecule has 9 rings (SSSR count). The number of hydrogen-bond acceptors (Lipinski definition) is 3. The van der Waals surface area contributed by atoms with Crippen LogP contribution in [0.1, 0.15) is 22.3 Å². The molecule has 0 atom stereocenters. The molecule has 3 nitrogen and oxygen atoms in total. The molecule has 0 aliphatic carbocycles. The summed E-state index contributed by atoms with van der Waals surface area (Å²) in [4.78, 5) is 4.67. The van der Waals surface area contributed by atoms with Crippen LogP contribution < -0.4 is 14.5 Å². The summed E-state index contributed by atoms with van der Waals surface area (Å²) in [5.41, 5.74) is 18.7. The Kier molecular flexibility index (Phi) is 11.0. The summed E-state index contributed by atoms with van der Waals surface area (Å²) in [7, 11) is 0. The minimum atomic E-state index is 0.781. The maximum Gasteiger partial charge on any atom is 0.127 e. The van der Waals surface area contributed by atoms with E-state index in [-0.39, 0.29) is 0 Å². The van der Waals surface area contributed by atoms with Crippen molar-refractivity contribution in [2.24, 2.45) is 0 Å². The van der Waals surface area contributed by atoms with E-state index in [9.17, 15) is 0 Å². The third-order valence-electron chi connectivity index (χ3n) is 11.3. The maximum atomic E-state index is 6.40. The van der Waals surface area contributed by atoms with Gasteiger partial charge in [-0.25, -0.2) is 0 Å². The monoisotopic (exact) mass is 788 g/mol. The van der Waals surface area contributed by atoms with Gasteiger partial charge in [-0.15, -0.1) is 0 Å². The van der Waals surface area contributed by atoms with Crippen molar-refractivity contribution in [1.82, 2.24) is 0 Å². The van der Waals surface area contributed by atoms with Gasteiger partial charge in [0.1, 0.15) is 11.5 Å². The number of benzene rings is 9. The molecule has 0 aliphatic rings. The van der Waals surface area contributed by atoms with Gasteiger partial charge in [-0.05, 0) is 157 Å². The van der Waals surface area contributed by atoms with Crippen molar-refractivity contribution < 1.29 is 4.74 Å². The van der Waals surface area contributed by atoms with Gasteiger partial charge in [0.15, 0.2) is 0 Å². The van der Waals surface area contributed by atoms with Gasteiger partial charge in [0.2, 0.25) is 0 Å². The lowest BCUT2D eigenvalue weighted by Gasteiger charge is -2.28. The highest BCUT2D eigenvalue weighted by atomic mass is 16.5. The molecule has 0 heterocycles. The van der Waals surface area contributed by atoms with Crippen molar-refractivity contribution in [2.75, 3.05) is 9.80 Å². The molecule has 3 heteroatoms. The third-order valence-corrected chi connectivity index (χ3v) is 11.3. The number of ether oxygens (including phenoxy) is 1. The first-order valence-electron chi connectivity index (χ1n) is 20.9. The van der Waals surface area contributed by atoms with Gasteiger partial charge < -0.3 is 14.5 Å². The van der Waals surface area contributed by atoms with Crippen molar-refractivity contribution in [1.29, 1.82) is 0 Å². The second kappa shape index (κ2) is 17.3. The van der Waals surface area contributed by atoms with E-state index < -0.39 is 0 Å². The van der Waals surface area contributed by atoms with Crippen molar-refractivity contribution in [3.8, 4) is 44.9 Å². The van der Waals surface area contributed by atoms with Crippen LogP contribution in [0.5, 0.6) is 11.5 Å². The van der Waals surface area contributed by atoms with Crippen LogP contribution in [0.25, 0.3) is 33.4 Å². The Morgan fingerprint density at radius 3 is 1.10 bits per heavy atom. The smallest absolute Gasteiger partial charge is 0.127 e. The Hall–Kier alpha value is -7.62. The van der Waals surface area contributed by atoms with E-state index in [1.807, 2.05) is 24.3 Å². The largest absolute Gasteiger partial charge is 0.457 e. The molecule has 0 saturated heterocycles. The SMILES string of the molecule is Cc1ccc(N(c2ccc(Oc3ccc(-c4ccc(N(c5cccc(-c6ccccc6)c5)c5ccc(C)cc5C)cc4)cc3)cc2)c2ccc(-c3ccccc3)cc2)c(C)c1. The van der Waals surface area contributed by atoms with Crippen LogP contribution in [-0.2, 0) is 0 Å². The van der Waals surface area contributed by atoms with Crippen LogP contribution in [0, 0.1) is 27.7 Å². The Morgan fingerprint density at radius 1 is 0.279 bits per heavy atom. The molecule has 61 heavy (non-hydrogen) atoms. The molecule has 0 bridgehead atoms. The van der Waals surface area contributed by atoms with E-state index in [0.717, 1.165) is 56.8 Å². The average molecular weight is 789 g/mol. The Morgan fingerprint density at radius 2 is 0.639 bits per heavy atom. The molecule has 0 aliphatic heterocycles. The van der Waals surface area contributed by atoms with Gasteiger partial charge in [0.05, 0.1) is 0 Å². The Balaban J connectivity index is 0.943. The molecule has 0 fully saturated rings. The zero-order valence-corrected chi connectivity index (χ0v) is 35.1. The van der Waals surface area contributed by atoms with Crippen molar-refractivity contribution in [3.05, 3.63) is 241 Å². The lowest BCUT2D eigenvalue weighted by Crippen LogP contribution is -2.11.